The van der Waals surface area contributed by atoms with Crippen LogP contribution in [0, 0.1) is 12.8 Å². The summed E-state index contributed by atoms with van der Waals surface area (Å²) in [6.07, 6.45) is 10.3. The van der Waals surface area contributed by atoms with Crippen LogP contribution in [0.15, 0.2) is 65.7 Å². The Balaban J connectivity index is 0.00000101. The molecule has 0 aliphatic carbocycles. The molecule has 2 aromatic heterocycles. The van der Waals surface area contributed by atoms with Crippen molar-refractivity contribution in [3.8, 4) is 33.9 Å². The molecule has 0 bridgehead atoms. The molecular weight excluding hydrogens is 489 g/mol. The highest BCUT2D eigenvalue weighted by Crippen LogP contribution is 2.39. The summed E-state index contributed by atoms with van der Waals surface area (Å²) in [6.45, 7) is 1.26. The molecule has 2 heterocycles. The topological polar surface area (TPSA) is 38.0 Å². The molecule has 3 aromatic rings. The van der Waals surface area contributed by atoms with Crippen molar-refractivity contribution in [3.63, 3.8) is 0 Å². The van der Waals surface area contributed by atoms with E-state index in [2.05, 4.69) is 17.9 Å². The smallest absolute Gasteiger partial charge is 0.392 e. The number of rotatable bonds is 5. The Morgan fingerprint density at radius 1 is 1.15 bits per heavy atom. The molecular formula is C24H24ClF3N2OS2. The van der Waals surface area contributed by atoms with Crippen LogP contribution < -0.4 is 0 Å². The lowest BCUT2D eigenvalue weighted by atomic mass is 10.2. The highest BCUT2D eigenvalue weighted by Gasteiger charge is 2.36. The Labute approximate surface area is 205 Å². The maximum Gasteiger partial charge on any atom is 0.435 e. The molecule has 0 atom stereocenters. The summed E-state index contributed by atoms with van der Waals surface area (Å²) in [5.74, 6) is 0. The molecule has 176 valence electrons. The van der Waals surface area contributed by atoms with Gasteiger partial charge in [0.05, 0.1) is 27.9 Å². The van der Waals surface area contributed by atoms with Crippen LogP contribution in [0.4, 0.5) is 13.2 Å². The van der Waals surface area contributed by atoms with Gasteiger partial charge >= 0.3 is 6.18 Å². The molecule has 0 spiro atoms. The molecule has 0 fully saturated rings. The third kappa shape index (κ3) is 7.83. The van der Waals surface area contributed by atoms with E-state index in [1.54, 1.807) is 24.8 Å². The van der Waals surface area contributed by atoms with Crippen LogP contribution in [0.25, 0.3) is 26.7 Å². The number of aromatic nitrogens is 2. The number of benzene rings is 1. The van der Waals surface area contributed by atoms with Crippen LogP contribution >= 0.6 is 34.7 Å². The lowest BCUT2D eigenvalue weighted by molar-refractivity contribution is -0.141. The highest BCUT2D eigenvalue weighted by molar-refractivity contribution is 7.97. The van der Waals surface area contributed by atoms with Crippen LogP contribution in [0.3, 0.4) is 0 Å². The van der Waals surface area contributed by atoms with E-state index >= 15 is 0 Å². The molecule has 1 N–H and O–H groups in total. The van der Waals surface area contributed by atoms with Crippen molar-refractivity contribution in [1.29, 1.82) is 0 Å². The second-order valence-corrected chi connectivity index (χ2v) is 8.48. The molecule has 3 nitrogen and oxygen atoms in total. The van der Waals surface area contributed by atoms with Crippen molar-refractivity contribution in [1.82, 2.24) is 9.78 Å². The first-order chi connectivity index (χ1) is 15.8. The van der Waals surface area contributed by atoms with Gasteiger partial charge in [-0.25, -0.2) is 4.68 Å². The van der Waals surface area contributed by atoms with E-state index in [0.29, 0.717) is 4.88 Å². The van der Waals surface area contributed by atoms with E-state index in [4.69, 9.17) is 11.6 Å². The van der Waals surface area contributed by atoms with Crippen molar-refractivity contribution in [2.75, 3.05) is 19.1 Å². The highest BCUT2D eigenvalue weighted by atomic mass is 35.5. The fourth-order valence-corrected chi connectivity index (χ4v) is 3.80. The SMILES string of the molecule is C#C.C/C=C(Cl)\C(=C/CO)n1nc(C(F)(F)F)cc1-c1ccc(-c2ccccc2)s1.CSC. The summed E-state index contributed by atoms with van der Waals surface area (Å²) in [7, 11) is 0. The van der Waals surface area contributed by atoms with Crippen molar-refractivity contribution < 1.29 is 18.3 Å². The van der Waals surface area contributed by atoms with Gasteiger partial charge in [-0.15, -0.1) is 24.2 Å². The lowest BCUT2D eigenvalue weighted by Crippen LogP contribution is -2.08. The minimum absolute atomic E-state index is 0.187. The number of thiophene rings is 1. The molecule has 0 amide bonds. The second-order valence-electron chi connectivity index (χ2n) is 6.17. The molecule has 0 unspecified atom stereocenters. The van der Waals surface area contributed by atoms with Crippen LogP contribution in [-0.2, 0) is 6.18 Å². The van der Waals surface area contributed by atoms with Crippen LogP contribution in [0.2, 0.25) is 0 Å². The van der Waals surface area contributed by atoms with Gasteiger partial charge in [-0.05, 0) is 49.3 Å². The van der Waals surface area contributed by atoms with Gasteiger partial charge in [0, 0.05) is 4.88 Å². The summed E-state index contributed by atoms with van der Waals surface area (Å²) in [5.41, 5.74) is 0.381. The van der Waals surface area contributed by atoms with E-state index in [0.717, 1.165) is 21.2 Å². The monoisotopic (exact) mass is 512 g/mol. The van der Waals surface area contributed by atoms with Crippen LogP contribution in [0.5, 0.6) is 0 Å². The maximum absolute atomic E-state index is 13.3. The lowest BCUT2D eigenvalue weighted by Gasteiger charge is -2.10. The maximum atomic E-state index is 13.3. The van der Waals surface area contributed by atoms with E-state index in [-0.39, 0.29) is 23.0 Å². The summed E-state index contributed by atoms with van der Waals surface area (Å²) in [6, 6.07) is 14.2. The molecule has 0 aliphatic heterocycles. The molecule has 1 aromatic carbocycles. The first-order valence-corrected chi connectivity index (χ1v) is 12.3. The number of halogens is 4. The minimum atomic E-state index is -4.60. The van der Waals surface area contributed by atoms with E-state index in [1.165, 1.54) is 23.5 Å². The quantitative estimate of drug-likeness (QED) is 0.284. The fourth-order valence-electron chi connectivity index (χ4n) is 2.63. The van der Waals surface area contributed by atoms with Gasteiger partial charge in [0.15, 0.2) is 5.69 Å². The Kier molecular flexibility index (Phi) is 12.1. The summed E-state index contributed by atoms with van der Waals surface area (Å²) in [5, 5.41) is 13.2. The van der Waals surface area contributed by atoms with Crippen molar-refractivity contribution in [2.24, 2.45) is 0 Å². The number of hydrogen-bond donors (Lipinski definition) is 1. The zero-order valence-electron chi connectivity index (χ0n) is 18.3. The van der Waals surface area contributed by atoms with Gasteiger partial charge in [0.25, 0.3) is 0 Å². The van der Waals surface area contributed by atoms with Gasteiger partial charge < -0.3 is 5.11 Å². The third-order valence-electron chi connectivity index (χ3n) is 3.93. The first-order valence-electron chi connectivity index (χ1n) is 9.46. The van der Waals surface area contributed by atoms with Gasteiger partial charge in [0.1, 0.15) is 0 Å². The predicted molar refractivity (Wildman–Crippen MR) is 136 cm³/mol. The van der Waals surface area contributed by atoms with Crippen molar-refractivity contribution in [3.05, 3.63) is 71.4 Å². The summed E-state index contributed by atoms with van der Waals surface area (Å²) >= 11 is 9.27. The fraction of sp³-hybridized carbons (Fsp3) is 0.208. The molecule has 9 heteroatoms. The normalized spacial score (nSPS) is 11.8. The van der Waals surface area contributed by atoms with Crippen LogP contribution in [-0.4, -0.2) is 34.0 Å². The Bertz CT molecular complexity index is 1080. The zero-order valence-corrected chi connectivity index (χ0v) is 20.7. The standard InChI is InChI=1S/C20H16ClF3N2OS.C2H6S.C2H2/c1-2-14(21)15(10-11-27)26-16(12-19(25-26)20(22,23)24)18-9-8-17(28-18)13-6-4-3-5-7-13;1-3-2;1-2/h2-10,12,27H,11H2,1H3;1-2H3;1-2H/b14-2+,15-10+;;. The summed E-state index contributed by atoms with van der Waals surface area (Å²) in [4.78, 5) is 1.52. The average Bonchev–Trinajstić information content (AvgIpc) is 3.47. The first kappa shape index (κ1) is 28.6. The van der Waals surface area contributed by atoms with Gasteiger partial charge in [-0.3, -0.25) is 0 Å². The van der Waals surface area contributed by atoms with E-state index in [1.807, 2.05) is 48.9 Å². The molecule has 3 rings (SSSR count). The van der Waals surface area contributed by atoms with E-state index in [9.17, 15) is 18.3 Å². The van der Waals surface area contributed by atoms with Gasteiger partial charge in [-0.2, -0.15) is 30.0 Å². The Morgan fingerprint density at radius 3 is 2.24 bits per heavy atom. The second kappa shape index (κ2) is 14.0. The number of nitrogens with zero attached hydrogens (tertiary/aromatic N) is 2. The number of hydrogen-bond acceptors (Lipinski definition) is 4. The molecule has 0 saturated carbocycles. The average molecular weight is 513 g/mol. The number of terminal acetylenes is 1. The van der Waals surface area contributed by atoms with Crippen molar-refractivity contribution >= 4 is 40.4 Å². The van der Waals surface area contributed by atoms with Gasteiger partial charge in [-0.1, -0.05) is 48.0 Å². The molecule has 0 saturated heterocycles. The van der Waals surface area contributed by atoms with E-state index < -0.39 is 11.9 Å². The minimum Gasteiger partial charge on any atom is -0.392 e. The largest absolute Gasteiger partial charge is 0.435 e. The number of aliphatic hydroxyl groups is 1. The Morgan fingerprint density at radius 2 is 1.73 bits per heavy atom. The molecule has 0 radical (unpaired) electrons. The van der Waals surface area contributed by atoms with Gasteiger partial charge in [0.2, 0.25) is 0 Å². The van der Waals surface area contributed by atoms with Crippen LogP contribution in [0.1, 0.15) is 12.6 Å². The zero-order chi connectivity index (χ0) is 25.0. The summed E-state index contributed by atoms with van der Waals surface area (Å²) < 4.78 is 41.1. The molecule has 0 aliphatic rings. The third-order valence-corrected chi connectivity index (χ3v) is 5.50. The van der Waals surface area contributed by atoms with Crippen molar-refractivity contribution in [2.45, 2.75) is 13.1 Å². The number of aliphatic hydroxyl groups excluding tert-OH is 1. The molecule has 33 heavy (non-hydrogen) atoms. The number of alkyl halides is 3. The predicted octanol–water partition coefficient (Wildman–Crippen LogP) is 7.50. The number of allylic oxidation sites excluding steroid dienone is 3. The Hall–Kier alpha value is -2.44. The number of thioether (sulfide) groups is 1.